The zero-order chi connectivity index (χ0) is 81.2. The fraction of sp³-hybridized carbons (Fsp3) is 0.351. The number of aromatic nitrogens is 8. The largest absolute Gasteiger partial charge is 0.393 e. The monoisotopic (exact) mass is 1710 g/mol. The Balaban J connectivity index is 0.000000108. The number of aliphatic hydroxyl groups excluding tert-OH is 2. The summed E-state index contributed by atoms with van der Waals surface area (Å²) >= 11 is 10.2. The highest BCUT2D eigenvalue weighted by molar-refractivity contribution is 9.10. The van der Waals surface area contributed by atoms with Gasteiger partial charge in [0.1, 0.15) is 0 Å². The van der Waals surface area contributed by atoms with Crippen molar-refractivity contribution in [1.29, 1.82) is 0 Å². The van der Waals surface area contributed by atoms with Crippen LogP contribution in [0.3, 0.4) is 0 Å². The molecule has 0 radical (unpaired) electrons. The molecule has 21 heteroatoms. The lowest BCUT2D eigenvalue weighted by Gasteiger charge is -2.44. The number of nitrogens with zero attached hydrogens (tertiary/aromatic N) is 9. The molecule has 0 spiro atoms. The number of hydrogen-bond donors (Lipinski definition) is 4. The SMILES string of the molecule is C1CCNCC1.Cc1cccc(-c2cn3c(n2)sc2cc(Br)ccc23)c1.Cc1cccc(-c2cn3c(n2)sc2cc(C(=O)CC4CC(C)C4)ccc23)c1.Cc1cccc(-c2cn3c(n2)sc2cc(C(=O)CC4CC(N5CCCCC5)C4)ccc23)c1.Cc1cccc(-c2cn3c(n2)sc2cc(C(=O)CC4CC(O)C4)ccc23)c1.NC1CC(O)C1. The zero-order valence-electron chi connectivity index (χ0n) is 67.7. The molecule has 6 fully saturated rings. The summed E-state index contributed by atoms with van der Waals surface area (Å²) in [5.74, 6) is 3.00. The summed E-state index contributed by atoms with van der Waals surface area (Å²) in [5, 5.41) is 21.2. The Morgan fingerprint density at radius 3 is 1.05 bits per heavy atom. The van der Waals surface area contributed by atoms with E-state index in [-0.39, 0.29) is 23.8 Å². The predicted octanol–water partition coefficient (Wildman–Crippen LogP) is 22.9. The molecule has 2 aliphatic heterocycles. The Hall–Kier alpha value is -9.23. The molecule has 8 aromatic carbocycles. The highest BCUT2D eigenvalue weighted by atomic mass is 79.9. The summed E-state index contributed by atoms with van der Waals surface area (Å²) in [4.78, 5) is 63.9. The van der Waals surface area contributed by atoms with Crippen LogP contribution >= 0.6 is 61.3 Å². The molecule has 0 atom stereocenters. The molecule has 16 aromatic rings. The van der Waals surface area contributed by atoms with Gasteiger partial charge in [0.2, 0.25) is 0 Å². The average Bonchev–Trinajstić information content (AvgIpc) is 1.62. The van der Waals surface area contributed by atoms with Gasteiger partial charge in [0.15, 0.2) is 37.2 Å². The minimum atomic E-state index is -0.210. The molecule has 22 rings (SSSR count). The number of ketones is 3. The van der Waals surface area contributed by atoms with Crippen molar-refractivity contribution in [2.45, 2.75) is 168 Å². The van der Waals surface area contributed by atoms with Gasteiger partial charge in [-0.3, -0.25) is 32.0 Å². The van der Waals surface area contributed by atoms with Crippen molar-refractivity contribution in [3.8, 4) is 45.0 Å². The summed E-state index contributed by atoms with van der Waals surface area (Å²) in [6.45, 7) is 15.7. The maximum absolute atomic E-state index is 13.0. The van der Waals surface area contributed by atoms with Crippen molar-refractivity contribution in [1.82, 2.24) is 47.8 Å². The van der Waals surface area contributed by atoms with Crippen LogP contribution in [0.25, 0.3) is 106 Å². The van der Waals surface area contributed by atoms with Crippen LogP contribution < -0.4 is 11.1 Å². The first kappa shape index (κ1) is 81.1. The van der Waals surface area contributed by atoms with Gasteiger partial charge in [-0.05, 0) is 252 Å². The van der Waals surface area contributed by atoms with E-state index in [0.29, 0.717) is 48.8 Å². The number of piperidine rings is 2. The number of nitrogens with two attached hydrogens (primary N) is 1. The summed E-state index contributed by atoms with van der Waals surface area (Å²) in [6, 6.07) is 59.2. The lowest BCUT2D eigenvalue weighted by molar-refractivity contribution is 0.0381. The topological polar surface area (TPSA) is 202 Å². The maximum atomic E-state index is 13.0. The third-order valence-electron chi connectivity index (χ3n) is 24.1. The van der Waals surface area contributed by atoms with E-state index in [1.165, 1.54) is 128 Å². The molecule has 16 nitrogen and oxygen atoms in total. The van der Waals surface area contributed by atoms with Gasteiger partial charge in [0.05, 0.1) is 75.9 Å². The second-order valence-corrected chi connectivity index (χ2v) is 38.7. The van der Waals surface area contributed by atoms with Crippen molar-refractivity contribution in [3.05, 3.63) is 238 Å². The number of benzene rings is 8. The summed E-state index contributed by atoms with van der Waals surface area (Å²) in [5.41, 5.74) is 25.8. The Bertz CT molecular complexity index is 6100. The van der Waals surface area contributed by atoms with Crippen LogP contribution in [0.1, 0.15) is 169 Å². The summed E-state index contributed by atoms with van der Waals surface area (Å²) in [7, 11) is 0. The zero-order valence-corrected chi connectivity index (χ0v) is 72.5. The van der Waals surface area contributed by atoms with Crippen LogP contribution in [-0.4, -0.2) is 120 Å². The van der Waals surface area contributed by atoms with Crippen molar-refractivity contribution in [2.75, 3.05) is 26.2 Å². The number of likely N-dealkylation sites (tertiary alicyclic amines) is 1. The van der Waals surface area contributed by atoms with Gasteiger partial charge in [-0.1, -0.05) is 176 Å². The minimum Gasteiger partial charge on any atom is -0.393 e. The molecule has 8 aromatic heterocycles. The average molecular weight is 1710 g/mol. The fourth-order valence-corrected chi connectivity index (χ4v) is 22.1. The normalized spacial score (nSPS) is 20.3. The highest BCUT2D eigenvalue weighted by Gasteiger charge is 2.36. The first-order valence-corrected chi connectivity index (χ1v) is 46.1. The Kier molecular flexibility index (Phi) is 24.7. The van der Waals surface area contributed by atoms with E-state index in [4.69, 9.17) is 30.8 Å². The third-order valence-corrected chi connectivity index (χ3v) is 28.7. The molecule has 4 saturated carbocycles. The number of halogens is 1. The van der Waals surface area contributed by atoms with E-state index < -0.39 is 0 Å². The van der Waals surface area contributed by atoms with Gasteiger partial charge in [0.25, 0.3) is 0 Å². The van der Waals surface area contributed by atoms with E-state index >= 15 is 0 Å². The van der Waals surface area contributed by atoms with Crippen molar-refractivity contribution in [2.24, 2.45) is 29.4 Å². The van der Waals surface area contributed by atoms with E-state index in [1.54, 1.807) is 45.3 Å². The molecule has 0 unspecified atom stereocenters. The van der Waals surface area contributed by atoms with Crippen molar-refractivity contribution >= 4 is 139 Å². The van der Waals surface area contributed by atoms with E-state index in [0.717, 1.165) is 149 Å². The van der Waals surface area contributed by atoms with Gasteiger partial charge >= 0.3 is 0 Å². The fourth-order valence-electron chi connectivity index (χ4n) is 17.4. The first-order valence-electron chi connectivity index (χ1n) is 42.0. The van der Waals surface area contributed by atoms with Crippen LogP contribution in [0.15, 0.2) is 199 Å². The molecule has 10 heterocycles. The van der Waals surface area contributed by atoms with Crippen LogP contribution in [0.2, 0.25) is 0 Å². The number of thiazole rings is 4. The predicted molar refractivity (Wildman–Crippen MR) is 490 cm³/mol. The second-order valence-electron chi connectivity index (χ2n) is 33.8. The molecular weight excluding hydrogens is 1610 g/mol. The lowest BCUT2D eigenvalue weighted by Crippen LogP contribution is -2.47. The number of carbonyl (C=O) groups excluding carboxylic acids is 3. The number of aryl methyl sites for hydroxylation is 4. The number of imidazole rings is 4. The molecule has 2 saturated heterocycles. The van der Waals surface area contributed by atoms with E-state index in [9.17, 15) is 19.5 Å². The van der Waals surface area contributed by atoms with Crippen LogP contribution in [-0.2, 0) is 0 Å². The number of carbonyl (C=O) groups is 3. The lowest BCUT2D eigenvalue weighted by atomic mass is 9.73. The van der Waals surface area contributed by atoms with Gasteiger partial charge in [-0.15, -0.1) is 0 Å². The van der Waals surface area contributed by atoms with Crippen LogP contribution in [0.4, 0.5) is 0 Å². The molecule has 118 heavy (non-hydrogen) atoms. The Morgan fingerprint density at radius 1 is 0.415 bits per heavy atom. The van der Waals surface area contributed by atoms with Gasteiger partial charge < -0.3 is 26.2 Å². The van der Waals surface area contributed by atoms with E-state index in [1.807, 2.05) is 36.4 Å². The first-order chi connectivity index (χ1) is 57.3. The number of nitrogens with one attached hydrogen (secondary N) is 1. The van der Waals surface area contributed by atoms with E-state index in [2.05, 4.69) is 237 Å². The minimum absolute atomic E-state index is 0.0833. The van der Waals surface area contributed by atoms with Crippen LogP contribution in [0.5, 0.6) is 0 Å². The highest BCUT2D eigenvalue weighted by Crippen LogP contribution is 2.41. The summed E-state index contributed by atoms with van der Waals surface area (Å²) in [6.07, 6.45) is 26.2. The molecule has 0 bridgehead atoms. The van der Waals surface area contributed by atoms with Gasteiger partial charge in [-0.25, -0.2) is 19.9 Å². The number of aliphatic hydroxyl groups is 2. The molecule has 606 valence electrons. The Labute approximate surface area is 713 Å². The van der Waals surface area contributed by atoms with Crippen molar-refractivity contribution in [3.63, 3.8) is 0 Å². The number of rotatable bonds is 14. The summed E-state index contributed by atoms with van der Waals surface area (Å²) < 4.78 is 14.3. The number of Topliss-reactive ketones (excluding diaryl/α,β-unsaturated/α-hetero) is 3. The second kappa shape index (κ2) is 36.0. The molecule has 5 N–H and O–H groups in total. The number of fused-ring (bicyclic) bond motifs is 12. The maximum Gasteiger partial charge on any atom is 0.195 e. The van der Waals surface area contributed by atoms with Gasteiger partial charge in [0, 0.05) is 99.6 Å². The van der Waals surface area contributed by atoms with Crippen molar-refractivity contribution < 1.29 is 24.6 Å². The molecule has 4 aliphatic carbocycles. The Morgan fingerprint density at radius 2 is 0.746 bits per heavy atom. The molecule has 0 amide bonds. The number of hydrogen-bond acceptors (Lipinski definition) is 16. The molecule has 6 aliphatic rings. The third kappa shape index (κ3) is 18.7. The quantitative estimate of drug-likeness (QED) is 0.0752. The van der Waals surface area contributed by atoms with Crippen LogP contribution in [0, 0.1) is 51.4 Å². The molecular formula is C97H102BrN11O5S4. The standard InChI is InChI=1S/C27H29N3OS.C23H22N2OS.C22H20N2O2S.C16H11BrN2S.C5H11N.C4H9NO/c1-18-6-5-7-20(12-18)23-17-30-24-9-8-21(16-26(24)32-27(30)28-23)25(31)15-19-13-22(14-19)29-10-3-2-4-11-29;1-14-4-3-5-17(10-14)19-13-25-20-7-6-18(12-22(20)27-23(25)24-19)21(26)11-16-8-15(2)9-16;1-13-3-2-4-15(7-13)18-12-24-19-6-5-16(11-21(19)27-22(24)23-18)20(26)10-14-8-17(25)9-14;1-10-3-2-4-11(7-10)13-9-19-14-6-5-12(17)8-15(14)20-16(19)18-13;1-2-4-6-5-3-1;5-3-1-4(6)2-3/h5-9,12,16-17,19,22H,2-4,10-11,13-15H2,1H3;3-7,10,12-13,15-16H,8-9,11H2,1-2H3;2-7,11-12,14,17,25H,8-10H2,1H3;2-9H,1H3;6H,1-5H2;3-4,6H,1-2,5H2. The smallest absolute Gasteiger partial charge is 0.195 e. The van der Waals surface area contributed by atoms with Gasteiger partial charge in [-0.2, -0.15) is 0 Å².